The van der Waals surface area contributed by atoms with E-state index in [0.29, 0.717) is 5.41 Å². The summed E-state index contributed by atoms with van der Waals surface area (Å²) in [5.74, 6) is 1.73. The van der Waals surface area contributed by atoms with Gasteiger partial charge in [-0.3, -0.25) is 0 Å². The van der Waals surface area contributed by atoms with E-state index in [-0.39, 0.29) is 0 Å². The van der Waals surface area contributed by atoms with Crippen molar-refractivity contribution in [2.75, 3.05) is 6.54 Å². The van der Waals surface area contributed by atoms with Crippen LogP contribution in [0.15, 0.2) is 24.3 Å². The highest BCUT2D eigenvalue weighted by Crippen LogP contribution is 2.44. The van der Waals surface area contributed by atoms with Gasteiger partial charge in [0.2, 0.25) is 0 Å². The van der Waals surface area contributed by atoms with Crippen LogP contribution < -0.4 is 5.73 Å². The molecule has 2 aliphatic rings. The number of benzene rings is 1. The topological polar surface area (TPSA) is 26.0 Å². The lowest BCUT2D eigenvalue weighted by atomic mass is 9.64. The molecular weight excluding hydrogens is 230 g/mol. The van der Waals surface area contributed by atoms with E-state index < -0.39 is 0 Å². The smallest absolute Gasteiger partial charge is 0.00756 e. The second-order valence-corrected chi connectivity index (χ2v) is 6.92. The zero-order chi connectivity index (χ0) is 13.3. The first-order valence-corrected chi connectivity index (χ1v) is 8.04. The van der Waals surface area contributed by atoms with Crippen LogP contribution in [0.3, 0.4) is 0 Å². The summed E-state index contributed by atoms with van der Waals surface area (Å²) in [6.07, 6.45) is 9.47. The molecule has 0 heterocycles. The van der Waals surface area contributed by atoms with E-state index in [1.807, 2.05) is 0 Å². The molecule has 1 aromatic carbocycles. The highest BCUT2D eigenvalue weighted by molar-refractivity contribution is 5.34. The zero-order valence-corrected chi connectivity index (χ0v) is 12.2. The summed E-state index contributed by atoms with van der Waals surface area (Å²) in [7, 11) is 0. The molecule has 3 rings (SSSR count). The summed E-state index contributed by atoms with van der Waals surface area (Å²) < 4.78 is 0. The molecule has 1 heteroatoms. The molecule has 2 fully saturated rings. The van der Waals surface area contributed by atoms with Crippen LogP contribution in [-0.4, -0.2) is 6.54 Å². The van der Waals surface area contributed by atoms with E-state index >= 15 is 0 Å². The molecule has 19 heavy (non-hydrogen) atoms. The quantitative estimate of drug-likeness (QED) is 0.855. The van der Waals surface area contributed by atoms with Crippen LogP contribution in [0.1, 0.15) is 68.9 Å². The lowest BCUT2D eigenvalue weighted by Gasteiger charge is -2.42. The Labute approximate surface area is 117 Å². The van der Waals surface area contributed by atoms with Gasteiger partial charge in [-0.05, 0) is 48.6 Å². The van der Waals surface area contributed by atoms with Gasteiger partial charge in [0, 0.05) is 12.0 Å². The summed E-state index contributed by atoms with van der Waals surface area (Å²) in [5, 5.41) is 0. The summed E-state index contributed by atoms with van der Waals surface area (Å²) >= 11 is 0. The maximum absolute atomic E-state index is 6.05. The monoisotopic (exact) mass is 257 g/mol. The second kappa shape index (κ2) is 5.28. The Kier molecular flexibility index (Phi) is 3.66. The van der Waals surface area contributed by atoms with Crippen molar-refractivity contribution in [3.05, 3.63) is 35.4 Å². The average molecular weight is 257 g/mol. The van der Waals surface area contributed by atoms with Crippen molar-refractivity contribution in [1.82, 2.24) is 0 Å². The van der Waals surface area contributed by atoms with Crippen molar-refractivity contribution in [3.8, 4) is 0 Å². The third-order valence-electron chi connectivity index (χ3n) is 5.69. The van der Waals surface area contributed by atoms with Crippen molar-refractivity contribution >= 4 is 0 Å². The Balaban J connectivity index is 1.80. The van der Waals surface area contributed by atoms with Crippen LogP contribution in [0.25, 0.3) is 0 Å². The van der Waals surface area contributed by atoms with E-state index in [0.717, 1.165) is 18.4 Å². The normalized spacial score (nSPS) is 29.8. The van der Waals surface area contributed by atoms with Crippen LogP contribution in [-0.2, 0) is 5.41 Å². The minimum Gasteiger partial charge on any atom is -0.330 e. The lowest BCUT2D eigenvalue weighted by molar-refractivity contribution is 0.252. The first kappa shape index (κ1) is 13.2. The third kappa shape index (κ3) is 2.45. The van der Waals surface area contributed by atoms with Gasteiger partial charge < -0.3 is 5.73 Å². The van der Waals surface area contributed by atoms with Gasteiger partial charge >= 0.3 is 0 Å². The van der Waals surface area contributed by atoms with Crippen LogP contribution in [0.5, 0.6) is 0 Å². The van der Waals surface area contributed by atoms with E-state index in [9.17, 15) is 0 Å². The molecule has 104 valence electrons. The van der Waals surface area contributed by atoms with Gasteiger partial charge in [-0.1, -0.05) is 50.5 Å². The van der Waals surface area contributed by atoms with Crippen molar-refractivity contribution in [2.24, 2.45) is 11.7 Å². The number of hydrogen-bond donors (Lipinski definition) is 1. The SMILES string of the molecule is CC1CCC(c2cccc(C3(CN)CCC3)c2)CC1. The maximum atomic E-state index is 6.05. The van der Waals surface area contributed by atoms with Crippen LogP contribution >= 0.6 is 0 Å². The maximum Gasteiger partial charge on any atom is 0.00756 e. The molecule has 2 saturated carbocycles. The fourth-order valence-corrected chi connectivity index (χ4v) is 3.93. The first-order valence-electron chi connectivity index (χ1n) is 8.04. The fraction of sp³-hybridized carbons (Fsp3) is 0.667. The van der Waals surface area contributed by atoms with Gasteiger partial charge in [-0.15, -0.1) is 0 Å². The predicted molar refractivity (Wildman–Crippen MR) is 81.4 cm³/mol. The van der Waals surface area contributed by atoms with Crippen molar-refractivity contribution in [2.45, 2.75) is 63.2 Å². The number of rotatable bonds is 3. The average Bonchev–Trinajstić information content (AvgIpc) is 2.39. The molecule has 2 aliphatic carbocycles. The molecule has 2 N–H and O–H groups in total. The lowest BCUT2D eigenvalue weighted by Crippen LogP contribution is -2.41. The Morgan fingerprint density at radius 3 is 2.47 bits per heavy atom. The third-order valence-corrected chi connectivity index (χ3v) is 5.69. The Morgan fingerprint density at radius 2 is 1.89 bits per heavy atom. The summed E-state index contributed by atoms with van der Waals surface area (Å²) in [6, 6.07) is 9.39. The summed E-state index contributed by atoms with van der Waals surface area (Å²) in [6.45, 7) is 3.21. The summed E-state index contributed by atoms with van der Waals surface area (Å²) in [5.41, 5.74) is 9.45. The minimum atomic E-state index is 0.317. The van der Waals surface area contributed by atoms with Gasteiger partial charge in [-0.2, -0.15) is 0 Å². The molecule has 0 aromatic heterocycles. The molecule has 0 bridgehead atoms. The van der Waals surface area contributed by atoms with E-state index in [1.165, 1.54) is 50.5 Å². The molecule has 0 spiro atoms. The first-order chi connectivity index (χ1) is 9.23. The number of hydrogen-bond acceptors (Lipinski definition) is 1. The minimum absolute atomic E-state index is 0.317. The highest BCUT2D eigenvalue weighted by Gasteiger charge is 2.37. The van der Waals surface area contributed by atoms with Crippen LogP contribution in [0.2, 0.25) is 0 Å². The second-order valence-electron chi connectivity index (χ2n) is 6.92. The standard InChI is InChI=1S/C18H27N/c1-14-6-8-15(9-7-14)16-4-2-5-17(12-16)18(13-19)10-3-11-18/h2,4-5,12,14-15H,3,6-11,13,19H2,1H3. The molecule has 1 nitrogen and oxygen atoms in total. The van der Waals surface area contributed by atoms with Crippen molar-refractivity contribution < 1.29 is 0 Å². The van der Waals surface area contributed by atoms with Gasteiger partial charge in [0.1, 0.15) is 0 Å². The van der Waals surface area contributed by atoms with Crippen LogP contribution in [0, 0.1) is 5.92 Å². The van der Waals surface area contributed by atoms with E-state index in [2.05, 4.69) is 31.2 Å². The predicted octanol–water partition coefficient (Wildman–Crippen LogP) is 4.36. The Bertz CT molecular complexity index is 420. The van der Waals surface area contributed by atoms with E-state index in [1.54, 1.807) is 5.56 Å². The molecule has 0 atom stereocenters. The number of nitrogens with two attached hydrogens (primary N) is 1. The van der Waals surface area contributed by atoms with Gasteiger partial charge in [0.05, 0.1) is 0 Å². The Hall–Kier alpha value is -0.820. The molecule has 0 saturated heterocycles. The molecule has 0 unspecified atom stereocenters. The summed E-state index contributed by atoms with van der Waals surface area (Å²) in [4.78, 5) is 0. The molecule has 0 amide bonds. The highest BCUT2D eigenvalue weighted by atomic mass is 14.6. The molecule has 0 aliphatic heterocycles. The Morgan fingerprint density at radius 1 is 1.16 bits per heavy atom. The van der Waals surface area contributed by atoms with Gasteiger partial charge in [0.25, 0.3) is 0 Å². The van der Waals surface area contributed by atoms with E-state index in [4.69, 9.17) is 5.73 Å². The van der Waals surface area contributed by atoms with Gasteiger partial charge in [0.15, 0.2) is 0 Å². The van der Waals surface area contributed by atoms with Gasteiger partial charge in [-0.25, -0.2) is 0 Å². The zero-order valence-electron chi connectivity index (χ0n) is 12.2. The molecule has 0 radical (unpaired) electrons. The molecular formula is C18H27N. The largest absolute Gasteiger partial charge is 0.330 e. The molecule has 1 aromatic rings. The van der Waals surface area contributed by atoms with Crippen molar-refractivity contribution in [1.29, 1.82) is 0 Å². The van der Waals surface area contributed by atoms with Crippen molar-refractivity contribution in [3.63, 3.8) is 0 Å². The van der Waals surface area contributed by atoms with Crippen LogP contribution in [0.4, 0.5) is 0 Å². The fourth-order valence-electron chi connectivity index (χ4n) is 3.93.